The van der Waals surface area contributed by atoms with E-state index in [2.05, 4.69) is 15.5 Å². The third kappa shape index (κ3) is 4.41. The molecule has 0 aromatic carbocycles. The maximum absolute atomic E-state index is 12.4. The van der Waals surface area contributed by atoms with Crippen molar-refractivity contribution in [2.45, 2.75) is 69.6 Å². The number of nitrogens with zero attached hydrogens (tertiary/aromatic N) is 1. The number of carbonyl (C=O) groups excluding carboxylic acids is 1. The van der Waals surface area contributed by atoms with E-state index in [4.69, 9.17) is 9.47 Å². The molecule has 2 unspecified atom stereocenters. The van der Waals surface area contributed by atoms with Gasteiger partial charge < -0.3 is 20.1 Å². The number of urea groups is 1. The van der Waals surface area contributed by atoms with Gasteiger partial charge in [0.15, 0.2) is 0 Å². The topological polar surface area (TPSA) is 62.8 Å². The first-order valence-electron chi connectivity index (χ1n) is 9.68. The van der Waals surface area contributed by atoms with Crippen molar-refractivity contribution >= 4 is 6.03 Å². The SMILES string of the molecule is CC(NC(=O)NCC1(N2CCOCC2)CCCCC1)C1CCCO1. The van der Waals surface area contributed by atoms with Crippen LogP contribution in [-0.4, -0.2) is 68.1 Å². The van der Waals surface area contributed by atoms with E-state index in [1.807, 2.05) is 6.92 Å². The Balaban J connectivity index is 1.51. The average Bonchev–Trinajstić information content (AvgIpc) is 3.16. The highest BCUT2D eigenvalue weighted by molar-refractivity contribution is 5.74. The molecule has 3 aliphatic rings. The number of ether oxygens (including phenoxy) is 2. The van der Waals surface area contributed by atoms with E-state index in [1.54, 1.807) is 0 Å². The summed E-state index contributed by atoms with van der Waals surface area (Å²) < 4.78 is 11.2. The Kier molecular flexibility index (Phi) is 6.36. The molecule has 6 heteroatoms. The van der Waals surface area contributed by atoms with Crippen molar-refractivity contribution in [3.05, 3.63) is 0 Å². The number of rotatable bonds is 5. The van der Waals surface area contributed by atoms with Gasteiger partial charge in [0.05, 0.1) is 25.4 Å². The fourth-order valence-electron chi connectivity index (χ4n) is 4.44. The number of amides is 2. The second-order valence-electron chi connectivity index (χ2n) is 7.55. The van der Waals surface area contributed by atoms with Crippen molar-refractivity contribution in [3.63, 3.8) is 0 Å². The summed E-state index contributed by atoms with van der Waals surface area (Å²) in [6.07, 6.45) is 8.48. The highest BCUT2D eigenvalue weighted by Gasteiger charge is 2.39. The monoisotopic (exact) mass is 339 g/mol. The second kappa shape index (κ2) is 8.50. The molecule has 24 heavy (non-hydrogen) atoms. The van der Waals surface area contributed by atoms with Crippen molar-refractivity contribution in [1.82, 2.24) is 15.5 Å². The standard InChI is InChI=1S/C18H33N3O3/c1-15(16-6-5-11-24-16)20-17(22)19-14-18(7-3-2-4-8-18)21-9-12-23-13-10-21/h15-16H,2-14H2,1H3,(H2,19,20,22). The van der Waals surface area contributed by atoms with Gasteiger partial charge in [-0.2, -0.15) is 0 Å². The van der Waals surface area contributed by atoms with Crippen molar-refractivity contribution < 1.29 is 14.3 Å². The van der Waals surface area contributed by atoms with Gasteiger partial charge in [0.25, 0.3) is 0 Å². The van der Waals surface area contributed by atoms with Crippen LogP contribution in [0, 0.1) is 0 Å². The van der Waals surface area contributed by atoms with Crippen LogP contribution in [-0.2, 0) is 9.47 Å². The first-order valence-corrected chi connectivity index (χ1v) is 9.68. The minimum Gasteiger partial charge on any atom is -0.379 e. The molecule has 2 aliphatic heterocycles. The van der Waals surface area contributed by atoms with Crippen LogP contribution < -0.4 is 10.6 Å². The van der Waals surface area contributed by atoms with Gasteiger partial charge in [-0.15, -0.1) is 0 Å². The van der Waals surface area contributed by atoms with Crippen molar-refractivity contribution in [2.75, 3.05) is 39.5 Å². The van der Waals surface area contributed by atoms with E-state index in [-0.39, 0.29) is 23.7 Å². The van der Waals surface area contributed by atoms with Crippen molar-refractivity contribution in [2.24, 2.45) is 0 Å². The van der Waals surface area contributed by atoms with E-state index in [0.29, 0.717) is 0 Å². The highest BCUT2D eigenvalue weighted by atomic mass is 16.5. The first-order chi connectivity index (χ1) is 11.7. The lowest BCUT2D eigenvalue weighted by Gasteiger charge is -2.48. The molecule has 0 radical (unpaired) electrons. The molecule has 0 aromatic rings. The lowest BCUT2D eigenvalue weighted by atomic mass is 9.80. The molecule has 2 atom stereocenters. The molecule has 3 fully saturated rings. The van der Waals surface area contributed by atoms with Crippen molar-refractivity contribution in [3.8, 4) is 0 Å². The predicted molar refractivity (Wildman–Crippen MR) is 93.2 cm³/mol. The molecule has 138 valence electrons. The minimum absolute atomic E-state index is 0.0591. The zero-order valence-electron chi connectivity index (χ0n) is 15.0. The average molecular weight is 339 g/mol. The summed E-state index contributed by atoms with van der Waals surface area (Å²) in [6.45, 7) is 7.17. The number of hydrogen-bond acceptors (Lipinski definition) is 4. The Morgan fingerprint density at radius 3 is 2.58 bits per heavy atom. The van der Waals surface area contributed by atoms with Crippen LogP contribution in [0.5, 0.6) is 0 Å². The summed E-state index contributed by atoms with van der Waals surface area (Å²) in [5, 5.41) is 6.22. The molecule has 2 N–H and O–H groups in total. The summed E-state index contributed by atoms with van der Waals surface area (Å²) in [6, 6.07) is 0.00870. The van der Waals surface area contributed by atoms with Gasteiger partial charge in [0.1, 0.15) is 0 Å². The van der Waals surface area contributed by atoms with Crippen LogP contribution in [0.2, 0.25) is 0 Å². The molecule has 2 saturated heterocycles. The van der Waals surface area contributed by atoms with Gasteiger partial charge in [0.2, 0.25) is 0 Å². The normalized spacial score (nSPS) is 29.1. The molecule has 1 aliphatic carbocycles. The Morgan fingerprint density at radius 2 is 1.92 bits per heavy atom. The van der Waals surface area contributed by atoms with Gasteiger partial charge in [0, 0.05) is 31.8 Å². The Morgan fingerprint density at radius 1 is 1.17 bits per heavy atom. The summed E-state index contributed by atoms with van der Waals surface area (Å²) >= 11 is 0. The molecule has 0 spiro atoms. The Labute approximate surface area is 145 Å². The first kappa shape index (κ1) is 18.0. The Bertz CT molecular complexity index is 400. The third-order valence-corrected chi connectivity index (χ3v) is 5.93. The van der Waals surface area contributed by atoms with Crippen LogP contribution >= 0.6 is 0 Å². The molecular formula is C18H33N3O3. The van der Waals surface area contributed by atoms with Crippen LogP contribution in [0.1, 0.15) is 51.9 Å². The molecular weight excluding hydrogens is 306 g/mol. The zero-order valence-corrected chi connectivity index (χ0v) is 15.0. The van der Waals surface area contributed by atoms with E-state index >= 15 is 0 Å². The predicted octanol–water partition coefficient (Wildman–Crippen LogP) is 1.89. The quantitative estimate of drug-likeness (QED) is 0.803. The van der Waals surface area contributed by atoms with Crippen LogP contribution in [0.25, 0.3) is 0 Å². The number of morpholine rings is 1. The zero-order chi connectivity index (χ0) is 16.8. The van der Waals surface area contributed by atoms with Gasteiger partial charge in [-0.1, -0.05) is 19.3 Å². The van der Waals surface area contributed by atoms with Gasteiger partial charge in [-0.05, 0) is 32.6 Å². The molecule has 2 amide bonds. The van der Waals surface area contributed by atoms with Crippen LogP contribution in [0.3, 0.4) is 0 Å². The fourth-order valence-corrected chi connectivity index (χ4v) is 4.44. The third-order valence-electron chi connectivity index (χ3n) is 5.93. The van der Waals surface area contributed by atoms with E-state index in [0.717, 1.165) is 52.3 Å². The molecule has 0 bridgehead atoms. The maximum atomic E-state index is 12.4. The number of nitrogens with one attached hydrogen (secondary N) is 2. The van der Waals surface area contributed by atoms with Gasteiger partial charge >= 0.3 is 6.03 Å². The van der Waals surface area contributed by atoms with Crippen LogP contribution in [0.15, 0.2) is 0 Å². The fraction of sp³-hybridized carbons (Fsp3) is 0.944. The van der Waals surface area contributed by atoms with E-state index in [9.17, 15) is 4.79 Å². The van der Waals surface area contributed by atoms with E-state index in [1.165, 1.54) is 32.1 Å². The lowest BCUT2D eigenvalue weighted by molar-refractivity contribution is -0.0358. The smallest absolute Gasteiger partial charge is 0.315 e. The number of carbonyl (C=O) groups is 1. The molecule has 0 aromatic heterocycles. The lowest BCUT2D eigenvalue weighted by Crippen LogP contribution is -2.60. The maximum Gasteiger partial charge on any atom is 0.315 e. The molecule has 6 nitrogen and oxygen atoms in total. The van der Waals surface area contributed by atoms with Gasteiger partial charge in [-0.25, -0.2) is 4.79 Å². The number of hydrogen-bond donors (Lipinski definition) is 2. The van der Waals surface area contributed by atoms with Gasteiger partial charge in [-0.3, -0.25) is 4.90 Å². The van der Waals surface area contributed by atoms with E-state index < -0.39 is 0 Å². The summed E-state index contributed by atoms with van der Waals surface area (Å²) in [7, 11) is 0. The molecule has 3 rings (SSSR count). The summed E-state index contributed by atoms with van der Waals surface area (Å²) in [5.74, 6) is 0. The Hall–Kier alpha value is -0.850. The minimum atomic E-state index is -0.0591. The largest absolute Gasteiger partial charge is 0.379 e. The molecule has 1 saturated carbocycles. The summed E-state index contributed by atoms with van der Waals surface area (Å²) in [5.41, 5.74) is 0.118. The molecule has 2 heterocycles. The van der Waals surface area contributed by atoms with Crippen LogP contribution in [0.4, 0.5) is 4.79 Å². The van der Waals surface area contributed by atoms with Crippen molar-refractivity contribution in [1.29, 1.82) is 0 Å². The highest BCUT2D eigenvalue weighted by Crippen LogP contribution is 2.33. The second-order valence-corrected chi connectivity index (χ2v) is 7.55. The summed E-state index contributed by atoms with van der Waals surface area (Å²) in [4.78, 5) is 14.9.